The van der Waals surface area contributed by atoms with E-state index in [1.54, 1.807) is 22.7 Å². The van der Waals surface area contributed by atoms with Crippen LogP contribution < -0.4 is 20.7 Å². The number of fused-ring (bicyclic) bond motifs is 3. The number of likely N-dealkylation sites (tertiary alicyclic amines) is 1. The molecule has 1 saturated heterocycles. The lowest BCUT2D eigenvalue weighted by Crippen LogP contribution is -2.57. The molecule has 5 atom stereocenters. The minimum atomic E-state index is -1.05. The Kier molecular flexibility index (Phi) is 15.8. The number of β-amino-alcohol motifs (C(OH)–C–C–N with tert-alkyl or cyclic N) is 1. The van der Waals surface area contributed by atoms with Gasteiger partial charge in [-0.15, -0.1) is 32.9 Å². The SMILES string of the molecule is Cc1ccsc1-c1ccc([C@H](C)NC(=O)[C@@H]2C[C@@H](O)CN2C(=O)[C@@H](NC(=O)CCc2cc(OCCNC(=O)C[C@@H]3N=C(c4ccc(Cl)cc4)c4c(sc(C)c4C)-n4c(C)nnc43)ccc2F)C(C)(C)C)cc1. The first kappa shape index (κ1) is 52.1. The molecule has 4 N–H and O–H groups in total. The average Bonchev–Trinajstić information content (AvgIpc) is 4.11. The summed E-state index contributed by atoms with van der Waals surface area (Å²) >= 11 is 9.55. The third kappa shape index (κ3) is 11.5. The third-order valence-electron chi connectivity index (χ3n) is 13.2. The number of aliphatic hydroxyl groups excluding tert-OH is 1. The number of benzene rings is 3. The van der Waals surface area contributed by atoms with Gasteiger partial charge in [0.2, 0.25) is 23.6 Å². The van der Waals surface area contributed by atoms with Crippen LogP contribution in [-0.2, 0) is 25.6 Å². The summed E-state index contributed by atoms with van der Waals surface area (Å²) in [6.07, 6.45) is -1.01. The largest absolute Gasteiger partial charge is 0.492 e. The van der Waals surface area contributed by atoms with Crippen molar-refractivity contribution in [1.29, 1.82) is 0 Å². The predicted octanol–water partition coefficient (Wildman–Crippen LogP) is 8.86. The number of hydrogen-bond donors (Lipinski definition) is 4. The number of aromatic nitrogens is 3. The number of aliphatic imine (C=N–C) groups is 1. The number of carbonyl (C=O) groups excluding carboxylic acids is 4. The Bertz CT molecular complexity index is 3020. The molecule has 2 aliphatic rings. The van der Waals surface area contributed by atoms with Crippen LogP contribution in [0.5, 0.6) is 5.75 Å². The highest BCUT2D eigenvalue weighted by Crippen LogP contribution is 2.40. The summed E-state index contributed by atoms with van der Waals surface area (Å²) in [5, 5.41) is 32.0. The quantitative estimate of drug-likeness (QED) is 0.0695. The van der Waals surface area contributed by atoms with Crippen molar-refractivity contribution in [1.82, 2.24) is 35.6 Å². The van der Waals surface area contributed by atoms with Gasteiger partial charge >= 0.3 is 0 Å². The first-order chi connectivity index (χ1) is 34.3. The highest BCUT2D eigenvalue weighted by molar-refractivity contribution is 7.15. The monoisotopic (exact) mass is 1030 g/mol. The number of amides is 4. The van der Waals surface area contributed by atoms with Crippen molar-refractivity contribution in [2.45, 2.75) is 111 Å². The van der Waals surface area contributed by atoms with Crippen LogP contribution in [0.25, 0.3) is 15.4 Å². The molecule has 72 heavy (non-hydrogen) atoms. The molecule has 1 fully saturated rings. The fourth-order valence-corrected chi connectivity index (χ4v) is 11.4. The minimum Gasteiger partial charge on any atom is -0.492 e. The number of aliphatic hydroxyl groups is 1. The van der Waals surface area contributed by atoms with Gasteiger partial charge in [0, 0.05) is 45.3 Å². The van der Waals surface area contributed by atoms with Crippen molar-refractivity contribution >= 4 is 63.6 Å². The zero-order valence-corrected chi connectivity index (χ0v) is 44.0. The Labute approximate surface area is 432 Å². The maximum absolute atomic E-state index is 15.2. The van der Waals surface area contributed by atoms with Gasteiger partial charge in [0.15, 0.2) is 5.82 Å². The summed E-state index contributed by atoms with van der Waals surface area (Å²) < 4.78 is 23.1. The predicted molar refractivity (Wildman–Crippen MR) is 280 cm³/mol. The molecule has 0 radical (unpaired) electrons. The molecular weight excluding hydrogens is 975 g/mol. The van der Waals surface area contributed by atoms with E-state index in [-0.39, 0.29) is 62.9 Å². The molecule has 14 nitrogen and oxygen atoms in total. The number of carbonyl (C=O) groups is 4. The second-order valence-corrected chi connectivity index (χ2v) is 22.2. The van der Waals surface area contributed by atoms with Gasteiger partial charge in [-0.3, -0.25) is 28.7 Å². The van der Waals surface area contributed by atoms with E-state index in [2.05, 4.69) is 58.4 Å². The lowest BCUT2D eigenvalue weighted by Gasteiger charge is -2.35. The van der Waals surface area contributed by atoms with E-state index in [9.17, 15) is 24.3 Å². The van der Waals surface area contributed by atoms with Crippen LogP contribution >= 0.6 is 34.3 Å². The fraction of sp³-hybridized carbons (Fsp3) is 0.389. The molecule has 3 aromatic carbocycles. The molecule has 18 heteroatoms. The molecule has 4 amide bonds. The summed E-state index contributed by atoms with van der Waals surface area (Å²) in [4.78, 5) is 63.9. The molecule has 8 rings (SSSR count). The van der Waals surface area contributed by atoms with Crippen molar-refractivity contribution in [2.75, 3.05) is 19.7 Å². The van der Waals surface area contributed by atoms with Crippen molar-refractivity contribution in [2.24, 2.45) is 10.4 Å². The van der Waals surface area contributed by atoms with E-state index in [1.807, 2.05) is 87.7 Å². The van der Waals surface area contributed by atoms with Crippen LogP contribution in [-0.4, -0.2) is 92.0 Å². The highest BCUT2D eigenvalue weighted by Gasteiger charge is 2.45. The number of ether oxygens (including phenoxy) is 1. The summed E-state index contributed by atoms with van der Waals surface area (Å²) in [5.41, 5.74) is 6.29. The molecule has 0 spiro atoms. The van der Waals surface area contributed by atoms with Gasteiger partial charge in [0.1, 0.15) is 47.1 Å². The van der Waals surface area contributed by atoms with Gasteiger partial charge in [0.25, 0.3) is 0 Å². The molecular formula is C54H60ClFN8O6S2. The second-order valence-electron chi connectivity index (χ2n) is 19.6. The van der Waals surface area contributed by atoms with E-state index in [0.29, 0.717) is 22.4 Å². The maximum Gasteiger partial charge on any atom is 0.246 e. The number of aryl methyl sites for hydroxylation is 4. The van der Waals surface area contributed by atoms with Crippen molar-refractivity contribution in [3.63, 3.8) is 0 Å². The molecule has 5 heterocycles. The molecule has 0 aliphatic carbocycles. The fourth-order valence-electron chi connectivity index (χ4n) is 9.16. The number of rotatable bonds is 16. The Balaban J connectivity index is 0.848. The molecule has 2 aliphatic heterocycles. The summed E-state index contributed by atoms with van der Waals surface area (Å²) in [5.74, 6) is -0.586. The Morgan fingerprint density at radius 2 is 1.67 bits per heavy atom. The Morgan fingerprint density at radius 3 is 2.36 bits per heavy atom. The van der Waals surface area contributed by atoms with E-state index >= 15 is 4.39 Å². The number of thiophene rings is 2. The van der Waals surface area contributed by atoms with Crippen LogP contribution in [0.3, 0.4) is 0 Å². The Morgan fingerprint density at radius 1 is 0.944 bits per heavy atom. The van der Waals surface area contributed by atoms with Crippen LogP contribution in [0.4, 0.5) is 4.39 Å². The van der Waals surface area contributed by atoms with Crippen LogP contribution in [0.1, 0.15) is 109 Å². The van der Waals surface area contributed by atoms with Gasteiger partial charge in [-0.2, -0.15) is 0 Å². The zero-order chi connectivity index (χ0) is 51.6. The smallest absolute Gasteiger partial charge is 0.246 e. The Hall–Kier alpha value is -6.27. The lowest BCUT2D eigenvalue weighted by atomic mass is 9.85. The van der Waals surface area contributed by atoms with Gasteiger partial charge in [-0.25, -0.2) is 4.39 Å². The highest BCUT2D eigenvalue weighted by atomic mass is 35.5. The number of nitrogens with zero attached hydrogens (tertiary/aromatic N) is 5. The van der Waals surface area contributed by atoms with E-state index in [1.165, 1.54) is 33.5 Å². The first-order valence-corrected chi connectivity index (χ1v) is 26.1. The van der Waals surface area contributed by atoms with Crippen molar-refractivity contribution in [3.8, 4) is 21.2 Å². The van der Waals surface area contributed by atoms with Crippen LogP contribution in [0.15, 0.2) is 83.2 Å². The van der Waals surface area contributed by atoms with Crippen molar-refractivity contribution < 1.29 is 33.4 Å². The van der Waals surface area contributed by atoms with E-state index in [4.69, 9.17) is 21.3 Å². The number of halogens is 2. The zero-order valence-electron chi connectivity index (χ0n) is 41.6. The normalized spacial score (nSPS) is 17.3. The minimum absolute atomic E-state index is 0.00556. The number of hydrogen-bond acceptors (Lipinski definition) is 11. The molecule has 0 bridgehead atoms. The molecule has 3 aromatic heterocycles. The van der Waals surface area contributed by atoms with Gasteiger partial charge in [0.05, 0.1) is 30.8 Å². The van der Waals surface area contributed by atoms with Crippen LogP contribution in [0, 0.1) is 38.9 Å². The van der Waals surface area contributed by atoms with Crippen molar-refractivity contribution in [3.05, 3.63) is 139 Å². The van der Waals surface area contributed by atoms with Gasteiger partial charge in [-0.05, 0) is 116 Å². The first-order valence-electron chi connectivity index (χ1n) is 24.0. The lowest BCUT2D eigenvalue weighted by molar-refractivity contribution is -0.144. The van der Waals surface area contributed by atoms with E-state index in [0.717, 1.165) is 43.4 Å². The van der Waals surface area contributed by atoms with Gasteiger partial charge in [-0.1, -0.05) is 68.8 Å². The topological polar surface area (TPSA) is 180 Å². The molecule has 378 valence electrons. The average molecular weight is 1040 g/mol. The summed E-state index contributed by atoms with van der Waals surface area (Å²) in [6, 6.07) is 18.8. The van der Waals surface area contributed by atoms with E-state index < -0.39 is 53.2 Å². The maximum atomic E-state index is 15.2. The number of nitrogens with one attached hydrogen (secondary N) is 3. The third-order valence-corrected chi connectivity index (χ3v) is 15.8. The molecule has 6 aromatic rings. The van der Waals surface area contributed by atoms with Crippen LogP contribution in [0.2, 0.25) is 5.02 Å². The second kappa shape index (κ2) is 21.8. The standard InChI is InChI=1S/C54H60ClFN8O6S2/c1-29-21-24-71-48(29)36-11-9-34(10-12-36)31(3)58-51(68)43-26-39(65)28-63(43)52(69)49(54(6,7)8)60-44(66)20-15-37-25-40(18-19-41(37)56)70-23-22-57-45(67)27-42-50-62-61-33(5)64(50)53-46(30(2)32(4)72-53)47(59-42)35-13-16-38(55)17-14-35/h9-14,16-19,21,24-25,31,39,42-43,49,65H,15,20,22-23,26-28H2,1-8H3,(H,57,67)(H,58,68)(H,60,66)/t31-,39+,42-,43-,49+/m0/s1. The summed E-state index contributed by atoms with van der Waals surface area (Å²) in [7, 11) is 0. The molecule has 0 unspecified atom stereocenters. The summed E-state index contributed by atoms with van der Waals surface area (Å²) in [6.45, 7) is 15.5. The van der Waals surface area contributed by atoms with Gasteiger partial charge < -0.3 is 30.7 Å². The molecule has 0 saturated carbocycles.